The third kappa shape index (κ3) is 5.75. The highest BCUT2D eigenvalue weighted by molar-refractivity contribution is 5.85. The minimum Gasteiger partial charge on any atom is -0.493 e. The summed E-state index contributed by atoms with van der Waals surface area (Å²) in [7, 11) is 2.71. The molecule has 0 bridgehead atoms. The number of rotatable bonds is 8. The van der Waals surface area contributed by atoms with Gasteiger partial charge in [-0.25, -0.2) is 4.79 Å². The SMILES string of the molecule is COC(=O)[C@@H](Cc1ccccc1)NC(=O)COc1ccc(C#N)cc1OC. The third-order valence-electron chi connectivity index (χ3n) is 3.76. The zero-order valence-corrected chi connectivity index (χ0v) is 15.1. The van der Waals surface area contributed by atoms with E-state index in [1.807, 2.05) is 36.4 Å². The van der Waals surface area contributed by atoms with E-state index < -0.39 is 17.9 Å². The molecular weight excluding hydrogens is 348 g/mol. The minimum absolute atomic E-state index is 0.305. The summed E-state index contributed by atoms with van der Waals surface area (Å²) in [4.78, 5) is 24.2. The van der Waals surface area contributed by atoms with Crippen LogP contribution in [0.4, 0.5) is 0 Å². The first-order chi connectivity index (χ1) is 13.1. The summed E-state index contributed by atoms with van der Waals surface area (Å²) >= 11 is 0. The zero-order chi connectivity index (χ0) is 19.6. The normalized spacial score (nSPS) is 11.0. The van der Waals surface area contributed by atoms with Crippen LogP contribution in [0.3, 0.4) is 0 Å². The molecule has 0 spiro atoms. The summed E-state index contributed by atoms with van der Waals surface area (Å²) in [6, 6.07) is 15.1. The fraction of sp³-hybridized carbons (Fsp3) is 0.250. The maximum atomic E-state index is 12.2. The van der Waals surface area contributed by atoms with Gasteiger partial charge in [-0.05, 0) is 17.7 Å². The molecule has 0 saturated carbocycles. The Hall–Kier alpha value is -3.53. The summed E-state index contributed by atoms with van der Waals surface area (Å²) in [5.41, 5.74) is 1.31. The van der Waals surface area contributed by atoms with E-state index in [0.717, 1.165) is 5.56 Å². The van der Waals surface area contributed by atoms with Gasteiger partial charge >= 0.3 is 5.97 Å². The van der Waals surface area contributed by atoms with E-state index in [1.165, 1.54) is 20.3 Å². The fourth-order valence-electron chi connectivity index (χ4n) is 2.42. The van der Waals surface area contributed by atoms with Crippen molar-refractivity contribution in [2.45, 2.75) is 12.5 Å². The molecule has 0 saturated heterocycles. The van der Waals surface area contributed by atoms with E-state index >= 15 is 0 Å². The second-order valence-electron chi connectivity index (χ2n) is 5.60. The zero-order valence-electron chi connectivity index (χ0n) is 15.1. The average Bonchev–Trinajstić information content (AvgIpc) is 2.71. The van der Waals surface area contributed by atoms with Crippen LogP contribution in [0.2, 0.25) is 0 Å². The van der Waals surface area contributed by atoms with Crippen molar-refractivity contribution in [1.82, 2.24) is 5.32 Å². The molecule has 0 heterocycles. The second-order valence-corrected chi connectivity index (χ2v) is 5.60. The van der Waals surface area contributed by atoms with Crippen LogP contribution in [0.5, 0.6) is 11.5 Å². The molecule has 0 aliphatic carbocycles. The van der Waals surface area contributed by atoms with E-state index in [9.17, 15) is 9.59 Å². The van der Waals surface area contributed by atoms with E-state index in [4.69, 9.17) is 19.5 Å². The number of carbonyl (C=O) groups is 2. The molecule has 0 aliphatic rings. The number of methoxy groups -OCH3 is 2. The van der Waals surface area contributed by atoms with Crippen molar-refractivity contribution >= 4 is 11.9 Å². The van der Waals surface area contributed by atoms with Gasteiger partial charge in [0.05, 0.1) is 25.9 Å². The van der Waals surface area contributed by atoms with Crippen LogP contribution in [-0.2, 0) is 20.7 Å². The van der Waals surface area contributed by atoms with Gasteiger partial charge in [-0.3, -0.25) is 4.79 Å². The molecule has 1 amide bonds. The fourth-order valence-corrected chi connectivity index (χ4v) is 2.42. The summed E-state index contributed by atoms with van der Waals surface area (Å²) < 4.78 is 15.4. The molecule has 2 rings (SSSR count). The lowest BCUT2D eigenvalue weighted by Gasteiger charge is -2.17. The average molecular weight is 368 g/mol. The Morgan fingerprint density at radius 2 is 1.85 bits per heavy atom. The van der Waals surface area contributed by atoms with E-state index in [-0.39, 0.29) is 6.61 Å². The van der Waals surface area contributed by atoms with Gasteiger partial charge in [0.2, 0.25) is 0 Å². The molecule has 1 atom stereocenters. The van der Waals surface area contributed by atoms with Crippen LogP contribution in [0.15, 0.2) is 48.5 Å². The monoisotopic (exact) mass is 368 g/mol. The van der Waals surface area contributed by atoms with Gasteiger partial charge in [0, 0.05) is 12.5 Å². The highest BCUT2D eigenvalue weighted by Crippen LogP contribution is 2.27. The number of hydrogen-bond acceptors (Lipinski definition) is 6. The number of esters is 1. The molecule has 2 aromatic carbocycles. The number of hydrogen-bond donors (Lipinski definition) is 1. The first-order valence-electron chi connectivity index (χ1n) is 8.19. The third-order valence-corrected chi connectivity index (χ3v) is 3.76. The molecule has 0 aromatic heterocycles. The quantitative estimate of drug-likeness (QED) is 0.714. The summed E-state index contributed by atoms with van der Waals surface area (Å²) in [6.07, 6.45) is 0.305. The first-order valence-corrected chi connectivity index (χ1v) is 8.19. The predicted octanol–water partition coefficient (Wildman–Crippen LogP) is 1.85. The van der Waals surface area contributed by atoms with Gasteiger partial charge in [-0.15, -0.1) is 0 Å². The smallest absolute Gasteiger partial charge is 0.328 e. The standard InChI is InChI=1S/C20H20N2O5/c1-25-18-11-15(12-21)8-9-17(18)27-13-19(23)22-16(20(24)26-2)10-14-6-4-3-5-7-14/h3-9,11,16H,10,13H2,1-2H3,(H,22,23)/t16-/m1/s1. The van der Waals surface area contributed by atoms with E-state index in [1.54, 1.807) is 12.1 Å². The van der Waals surface area contributed by atoms with Crippen LogP contribution in [0, 0.1) is 11.3 Å². The van der Waals surface area contributed by atoms with Crippen molar-refractivity contribution in [2.24, 2.45) is 0 Å². The van der Waals surface area contributed by atoms with Crippen LogP contribution in [0.1, 0.15) is 11.1 Å². The van der Waals surface area contributed by atoms with Crippen molar-refractivity contribution < 1.29 is 23.8 Å². The van der Waals surface area contributed by atoms with Crippen molar-refractivity contribution in [3.05, 3.63) is 59.7 Å². The Labute approximate surface area is 157 Å². The number of carbonyl (C=O) groups excluding carboxylic acids is 2. The summed E-state index contributed by atoms with van der Waals surface area (Å²) in [5.74, 6) is -0.351. The second kappa shape index (κ2) is 9.82. The molecule has 7 heteroatoms. The van der Waals surface area contributed by atoms with Crippen LogP contribution >= 0.6 is 0 Å². The highest BCUT2D eigenvalue weighted by Gasteiger charge is 2.22. The Morgan fingerprint density at radius 1 is 1.11 bits per heavy atom. The van der Waals surface area contributed by atoms with Crippen molar-refractivity contribution in [2.75, 3.05) is 20.8 Å². The minimum atomic E-state index is -0.823. The van der Waals surface area contributed by atoms with Crippen LogP contribution < -0.4 is 14.8 Å². The number of benzene rings is 2. The van der Waals surface area contributed by atoms with Gasteiger partial charge in [0.15, 0.2) is 18.1 Å². The van der Waals surface area contributed by atoms with Crippen LogP contribution in [0.25, 0.3) is 0 Å². The molecule has 0 aliphatic heterocycles. The van der Waals surface area contributed by atoms with Gasteiger partial charge in [0.1, 0.15) is 6.04 Å². The van der Waals surface area contributed by atoms with Gasteiger partial charge in [-0.2, -0.15) is 5.26 Å². The molecule has 1 N–H and O–H groups in total. The predicted molar refractivity (Wildman–Crippen MR) is 97.3 cm³/mol. The molecule has 0 fully saturated rings. The summed E-state index contributed by atoms with van der Waals surface area (Å²) in [5, 5.41) is 11.5. The number of ether oxygens (including phenoxy) is 3. The van der Waals surface area contributed by atoms with Gasteiger partial charge in [-0.1, -0.05) is 30.3 Å². The number of amides is 1. The number of nitriles is 1. The molecule has 27 heavy (non-hydrogen) atoms. The van der Waals surface area contributed by atoms with E-state index in [0.29, 0.717) is 23.5 Å². The number of nitrogens with zero attached hydrogens (tertiary/aromatic N) is 1. The molecule has 0 radical (unpaired) electrons. The van der Waals surface area contributed by atoms with Crippen molar-refractivity contribution in [3.8, 4) is 17.6 Å². The topological polar surface area (TPSA) is 97.6 Å². The molecule has 2 aromatic rings. The molecule has 140 valence electrons. The van der Waals surface area contributed by atoms with Crippen LogP contribution in [-0.4, -0.2) is 38.7 Å². The Morgan fingerprint density at radius 3 is 2.48 bits per heavy atom. The first kappa shape index (κ1) is 19.8. The largest absolute Gasteiger partial charge is 0.493 e. The van der Waals surface area contributed by atoms with E-state index in [2.05, 4.69) is 5.32 Å². The lowest BCUT2D eigenvalue weighted by atomic mass is 10.1. The maximum absolute atomic E-state index is 12.2. The maximum Gasteiger partial charge on any atom is 0.328 e. The molecule has 0 unspecified atom stereocenters. The van der Waals surface area contributed by atoms with Gasteiger partial charge in [0.25, 0.3) is 5.91 Å². The lowest BCUT2D eigenvalue weighted by molar-refractivity contribution is -0.145. The van der Waals surface area contributed by atoms with Crippen molar-refractivity contribution in [3.63, 3.8) is 0 Å². The highest BCUT2D eigenvalue weighted by atomic mass is 16.5. The lowest BCUT2D eigenvalue weighted by Crippen LogP contribution is -2.44. The molecular formula is C20H20N2O5. The Bertz CT molecular complexity index is 830. The Balaban J connectivity index is 1.99. The molecule has 7 nitrogen and oxygen atoms in total. The van der Waals surface area contributed by atoms with Crippen molar-refractivity contribution in [1.29, 1.82) is 5.26 Å². The summed E-state index contributed by atoms with van der Waals surface area (Å²) in [6.45, 7) is -0.315. The Kier molecular flexibility index (Phi) is 7.20. The van der Waals surface area contributed by atoms with Gasteiger partial charge < -0.3 is 19.5 Å². The number of nitrogens with one attached hydrogen (secondary N) is 1.